The van der Waals surface area contributed by atoms with Crippen molar-refractivity contribution in [1.82, 2.24) is 4.98 Å². The van der Waals surface area contributed by atoms with Crippen molar-refractivity contribution in [3.63, 3.8) is 0 Å². The number of thiazole rings is 1. The molecule has 15 heavy (non-hydrogen) atoms. The molecule has 0 spiro atoms. The lowest BCUT2D eigenvalue weighted by molar-refractivity contribution is 1.12. The number of rotatable bonds is 3. The molecule has 1 aromatic heterocycles. The number of nitrogens with one attached hydrogen (secondary N) is 1. The molecule has 0 amide bonds. The highest BCUT2D eigenvalue weighted by Gasteiger charge is 1.98. The number of halogens is 1. The van der Waals surface area contributed by atoms with E-state index in [-0.39, 0.29) is 0 Å². The molecule has 1 heterocycles. The summed E-state index contributed by atoms with van der Waals surface area (Å²) in [5.41, 5.74) is 2.53. The van der Waals surface area contributed by atoms with Crippen molar-refractivity contribution in [2.75, 3.05) is 5.32 Å². The van der Waals surface area contributed by atoms with Gasteiger partial charge < -0.3 is 5.32 Å². The first-order valence-corrected chi connectivity index (χ1v) is 6.31. The average molecular weight is 283 g/mol. The summed E-state index contributed by atoms with van der Waals surface area (Å²) >= 11 is 5.11. The molecule has 0 radical (unpaired) electrons. The van der Waals surface area contributed by atoms with E-state index in [1.807, 2.05) is 5.38 Å². The highest BCUT2D eigenvalue weighted by Crippen LogP contribution is 2.18. The Labute approximate surface area is 101 Å². The van der Waals surface area contributed by atoms with Gasteiger partial charge in [0, 0.05) is 22.6 Å². The molecule has 2 nitrogen and oxygen atoms in total. The zero-order valence-corrected chi connectivity index (χ0v) is 10.7. The highest BCUT2D eigenvalue weighted by molar-refractivity contribution is 9.10. The maximum Gasteiger partial charge on any atom is 0.182 e. The Morgan fingerprint density at radius 2 is 2.33 bits per heavy atom. The van der Waals surface area contributed by atoms with Gasteiger partial charge in [0.25, 0.3) is 0 Å². The van der Waals surface area contributed by atoms with Gasteiger partial charge in [-0.15, -0.1) is 11.3 Å². The van der Waals surface area contributed by atoms with E-state index < -0.39 is 0 Å². The third-order valence-electron chi connectivity index (χ3n) is 2.10. The zero-order chi connectivity index (χ0) is 10.7. The van der Waals surface area contributed by atoms with Crippen LogP contribution in [0.5, 0.6) is 0 Å². The molecule has 0 saturated heterocycles. The second-order valence-electron chi connectivity index (χ2n) is 3.27. The van der Waals surface area contributed by atoms with Crippen molar-refractivity contribution >= 4 is 32.4 Å². The van der Waals surface area contributed by atoms with E-state index in [2.05, 4.69) is 51.4 Å². The quantitative estimate of drug-likeness (QED) is 0.926. The van der Waals surface area contributed by atoms with Crippen molar-refractivity contribution in [2.45, 2.75) is 13.5 Å². The van der Waals surface area contributed by atoms with Crippen LogP contribution in [0.4, 0.5) is 5.13 Å². The van der Waals surface area contributed by atoms with Gasteiger partial charge in [0.05, 0.1) is 0 Å². The molecule has 0 aliphatic heterocycles. The van der Waals surface area contributed by atoms with Crippen LogP contribution in [0.1, 0.15) is 11.1 Å². The van der Waals surface area contributed by atoms with Gasteiger partial charge >= 0.3 is 0 Å². The fourth-order valence-electron chi connectivity index (χ4n) is 1.31. The van der Waals surface area contributed by atoms with E-state index in [4.69, 9.17) is 0 Å². The summed E-state index contributed by atoms with van der Waals surface area (Å²) in [6.45, 7) is 2.92. The maximum absolute atomic E-state index is 4.17. The Balaban J connectivity index is 2.02. The van der Waals surface area contributed by atoms with Crippen molar-refractivity contribution in [1.29, 1.82) is 0 Å². The second kappa shape index (κ2) is 4.77. The molecule has 0 aliphatic rings. The lowest BCUT2D eigenvalue weighted by atomic mass is 10.1. The van der Waals surface area contributed by atoms with Crippen LogP contribution in [0, 0.1) is 6.92 Å². The molecule has 4 heteroatoms. The summed E-state index contributed by atoms with van der Waals surface area (Å²) < 4.78 is 1.15. The molecule has 2 rings (SSSR count). The Morgan fingerprint density at radius 1 is 1.47 bits per heavy atom. The minimum atomic E-state index is 0.821. The molecule has 1 aromatic carbocycles. The molecular formula is C11H11BrN2S. The third kappa shape index (κ3) is 2.79. The zero-order valence-electron chi connectivity index (χ0n) is 8.33. The van der Waals surface area contributed by atoms with Gasteiger partial charge in [0.1, 0.15) is 0 Å². The number of hydrogen-bond acceptors (Lipinski definition) is 3. The monoisotopic (exact) mass is 282 g/mol. The highest BCUT2D eigenvalue weighted by atomic mass is 79.9. The van der Waals surface area contributed by atoms with Crippen molar-refractivity contribution in [3.05, 3.63) is 45.4 Å². The van der Waals surface area contributed by atoms with Gasteiger partial charge in [0.15, 0.2) is 5.13 Å². The first-order chi connectivity index (χ1) is 7.25. The van der Waals surface area contributed by atoms with Gasteiger partial charge in [-0.1, -0.05) is 28.1 Å². The number of anilines is 1. The molecule has 0 unspecified atom stereocenters. The summed E-state index contributed by atoms with van der Waals surface area (Å²) in [5.74, 6) is 0. The molecule has 0 aliphatic carbocycles. The van der Waals surface area contributed by atoms with Crippen LogP contribution in [-0.2, 0) is 6.54 Å². The van der Waals surface area contributed by atoms with E-state index in [0.717, 1.165) is 16.1 Å². The standard InChI is InChI=1S/C11H11BrN2S/c1-8-6-9(2-3-10(8)12)7-14-11-13-4-5-15-11/h2-6H,7H2,1H3,(H,13,14). The third-order valence-corrected chi connectivity index (χ3v) is 3.72. The summed E-state index contributed by atoms with van der Waals surface area (Å²) in [4.78, 5) is 4.17. The van der Waals surface area contributed by atoms with Crippen molar-refractivity contribution in [2.24, 2.45) is 0 Å². The van der Waals surface area contributed by atoms with Crippen LogP contribution in [0.3, 0.4) is 0 Å². The fraction of sp³-hybridized carbons (Fsp3) is 0.182. The Hall–Kier alpha value is -0.870. The summed E-state index contributed by atoms with van der Waals surface area (Å²) in [5, 5.41) is 6.22. The lowest BCUT2D eigenvalue weighted by Gasteiger charge is -2.05. The van der Waals surface area contributed by atoms with Crippen LogP contribution in [-0.4, -0.2) is 4.98 Å². The smallest absolute Gasteiger partial charge is 0.182 e. The van der Waals surface area contributed by atoms with Gasteiger partial charge in [-0.3, -0.25) is 0 Å². The number of nitrogens with zero attached hydrogens (tertiary/aromatic N) is 1. The molecule has 2 aromatic rings. The molecule has 1 N–H and O–H groups in total. The predicted octanol–water partition coefficient (Wildman–Crippen LogP) is 3.83. The Bertz CT molecular complexity index is 440. The summed E-state index contributed by atoms with van der Waals surface area (Å²) in [7, 11) is 0. The normalized spacial score (nSPS) is 10.3. The fourth-order valence-corrected chi connectivity index (χ4v) is 2.08. The van der Waals surface area contributed by atoms with Gasteiger partial charge in [-0.05, 0) is 24.1 Å². The molecule has 0 fully saturated rings. The predicted molar refractivity (Wildman–Crippen MR) is 68.3 cm³/mol. The van der Waals surface area contributed by atoms with E-state index in [1.165, 1.54) is 11.1 Å². The number of benzene rings is 1. The molecule has 0 bridgehead atoms. The van der Waals surface area contributed by atoms with Crippen LogP contribution < -0.4 is 5.32 Å². The summed E-state index contributed by atoms with van der Waals surface area (Å²) in [6, 6.07) is 6.36. The lowest BCUT2D eigenvalue weighted by Crippen LogP contribution is -1.98. The number of hydrogen-bond donors (Lipinski definition) is 1. The largest absolute Gasteiger partial charge is 0.357 e. The minimum absolute atomic E-state index is 0.821. The van der Waals surface area contributed by atoms with E-state index >= 15 is 0 Å². The maximum atomic E-state index is 4.17. The van der Waals surface area contributed by atoms with E-state index in [1.54, 1.807) is 17.5 Å². The second-order valence-corrected chi connectivity index (χ2v) is 5.02. The molecule has 78 valence electrons. The van der Waals surface area contributed by atoms with Gasteiger partial charge in [-0.2, -0.15) is 0 Å². The Kier molecular flexibility index (Phi) is 3.38. The van der Waals surface area contributed by atoms with Gasteiger partial charge in [-0.25, -0.2) is 4.98 Å². The van der Waals surface area contributed by atoms with Crippen molar-refractivity contribution < 1.29 is 0 Å². The summed E-state index contributed by atoms with van der Waals surface area (Å²) in [6.07, 6.45) is 1.81. The first kappa shape index (κ1) is 10.6. The van der Waals surface area contributed by atoms with Crippen molar-refractivity contribution in [3.8, 4) is 0 Å². The Morgan fingerprint density at radius 3 is 3.00 bits per heavy atom. The SMILES string of the molecule is Cc1cc(CNc2nccs2)ccc1Br. The first-order valence-electron chi connectivity index (χ1n) is 4.64. The topological polar surface area (TPSA) is 24.9 Å². The average Bonchev–Trinajstić information content (AvgIpc) is 2.73. The van der Waals surface area contributed by atoms with Gasteiger partial charge in [0.2, 0.25) is 0 Å². The van der Waals surface area contributed by atoms with Crippen LogP contribution >= 0.6 is 27.3 Å². The van der Waals surface area contributed by atoms with E-state index in [0.29, 0.717) is 0 Å². The van der Waals surface area contributed by atoms with Crippen LogP contribution in [0.15, 0.2) is 34.2 Å². The van der Waals surface area contributed by atoms with E-state index in [9.17, 15) is 0 Å². The molecule has 0 atom stereocenters. The van der Waals surface area contributed by atoms with Crippen LogP contribution in [0.2, 0.25) is 0 Å². The molecular weight excluding hydrogens is 272 g/mol. The molecule has 0 saturated carbocycles. The number of aryl methyl sites for hydroxylation is 1. The minimum Gasteiger partial charge on any atom is -0.357 e. The van der Waals surface area contributed by atoms with Crippen LogP contribution in [0.25, 0.3) is 0 Å². The number of aromatic nitrogens is 1.